The summed E-state index contributed by atoms with van der Waals surface area (Å²) in [6, 6.07) is 20.7. The van der Waals surface area contributed by atoms with Gasteiger partial charge in [-0.05, 0) is 101 Å². The van der Waals surface area contributed by atoms with E-state index in [-0.39, 0.29) is 12.1 Å². The van der Waals surface area contributed by atoms with Gasteiger partial charge in [-0.2, -0.15) is 0 Å². The molecule has 9 heteroatoms. The fourth-order valence-corrected chi connectivity index (χ4v) is 5.18. The molecule has 0 unspecified atom stereocenters. The number of carbonyl (C=O) groups excluding carboxylic acids is 2. The zero-order valence-corrected chi connectivity index (χ0v) is 27.8. The van der Waals surface area contributed by atoms with Gasteiger partial charge in [0.15, 0.2) is 0 Å². The van der Waals surface area contributed by atoms with Crippen LogP contribution in [0.2, 0.25) is 0 Å². The van der Waals surface area contributed by atoms with Crippen molar-refractivity contribution in [1.82, 2.24) is 20.6 Å². The van der Waals surface area contributed by atoms with Crippen LogP contribution in [0.3, 0.4) is 0 Å². The molecule has 46 heavy (non-hydrogen) atoms. The Morgan fingerprint density at radius 3 is 1.87 bits per heavy atom. The van der Waals surface area contributed by atoms with Crippen molar-refractivity contribution >= 4 is 34.2 Å². The van der Waals surface area contributed by atoms with E-state index in [0.29, 0.717) is 12.2 Å². The summed E-state index contributed by atoms with van der Waals surface area (Å²) in [5.41, 5.74) is 6.14. The van der Waals surface area contributed by atoms with Crippen molar-refractivity contribution in [3.05, 3.63) is 84.4 Å². The number of H-pyrrole nitrogens is 1. The highest BCUT2D eigenvalue weighted by molar-refractivity contribution is 6.02. The molecule has 4 aromatic rings. The molecule has 3 N–H and O–H groups in total. The van der Waals surface area contributed by atoms with Crippen LogP contribution in [0, 0.1) is 0 Å². The van der Waals surface area contributed by atoms with Crippen LogP contribution in [0.25, 0.3) is 38.7 Å². The van der Waals surface area contributed by atoms with E-state index in [1.165, 1.54) is 0 Å². The largest absolute Gasteiger partial charge is 0.444 e. The van der Waals surface area contributed by atoms with Crippen LogP contribution < -0.4 is 10.6 Å². The Hall–Kier alpha value is -4.92. The summed E-state index contributed by atoms with van der Waals surface area (Å²) in [7, 11) is 0. The number of nitrogens with zero attached hydrogens (tertiary/aromatic N) is 2. The van der Waals surface area contributed by atoms with E-state index in [9.17, 15) is 9.59 Å². The van der Waals surface area contributed by atoms with Crippen LogP contribution in [0.1, 0.15) is 79.2 Å². The number of hydrogen-bond donors (Lipinski definition) is 3. The first-order valence-electron chi connectivity index (χ1n) is 15.6. The minimum atomic E-state index is -0.566. The molecule has 0 radical (unpaired) electrons. The lowest BCUT2D eigenvalue weighted by atomic mass is 9.96. The van der Waals surface area contributed by atoms with Crippen molar-refractivity contribution in [3.8, 4) is 22.4 Å². The number of aliphatic imine (C=N–C) groups is 1. The fourth-order valence-electron chi connectivity index (χ4n) is 5.18. The number of fused-ring (bicyclic) bond motifs is 1. The first kappa shape index (κ1) is 32.5. The Kier molecular flexibility index (Phi) is 9.06. The van der Waals surface area contributed by atoms with Crippen LogP contribution >= 0.6 is 0 Å². The summed E-state index contributed by atoms with van der Waals surface area (Å²) in [6.07, 6.45) is 3.41. The molecule has 0 spiro atoms. The molecule has 1 aromatic heterocycles. The maximum atomic E-state index is 12.2. The van der Waals surface area contributed by atoms with Crippen LogP contribution in [0.4, 0.5) is 9.59 Å². The van der Waals surface area contributed by atoms with Gasteiger partial charge in [0, 0.05) is 23.9 Å². The minimum Gasteiger partial charge on any atom is -0.444 e. The Labute approximate surface area is 270 Å². The highest BCUT2D eigenvalue weighted by Gasteiger charge is 2.23. The lowest BCUT2D eigenvalue weighted by Gasteiger charge is -2.22. The van der Waals surface area contributed by atoms with Crippen LogP contribution in [0.15, 0.2) is 78.1 Å². The molecule has 0 fully saturated rings. The van der Waals surface area contributed by atoms with E-state index in [4.69, 9.17) is 9.47 Å². The molecule has 0 aliphatic carbocycles. The van der Waals surface area contributed by atoms with Crippen molar-refractivity contribution in [2.45, 2.75) is 85.1 Å². The second-order valence-electron chi connectivity index (χ2n) is 13.7. The fraction of sp³-hybridized carbons (Fsp3) is 0.351. The molecule has 240 valence electrons. The van der Waals surface area contributed by atoms with Crippen LogP contribution in [0.5, 0.6) is 0 Å². The first-order chi connectivity index (χ1) is 21.6. The Morgan fingerprint density at radius 2 is 1.26 bits per heavy atom. The van der Waals surface area contributed by atoms with Gasteiger partial charge in [-0.25, -0.2) is 14.6 Å². The number of benzene rings is 3. The van der Waals surface area contributed by atoms with Crippen LogP contribution in [-0.2, 0) is 9.47 Å². The summed E-state index contributed by atoms with van der Waals surface area (Å²) < 4.78 is 10.7. The summed E-state index contributed by atoms with van der Waals surface area (Å²) in [5, 5.41) is 7.95. The highest BCUT2D eigenvalue weighted by Crippen LogP contribution is 2.31. The third-order valence-corrected chi connectivity index (χ3v) is 7.47. The van der Waals surface area contributed by atoms with E-state index >= 15 is 0 Å². The normalized spacial score (nSPS) is 14.7. The third kappa shape index (κ3) is 8.21. The Balaban J connectivity index is 1.21. The van der Waals surface area contributed by atoms with E-state index < -0.39 is 23.4 Å². The number of carbonyl (C=O) groups is 2. The summed E-state index contributed by atoms with van der Waals surface area (Å²) in [4.78, 5) is 36.7. The maximum absolute atomic E-state index is 12.2. The van der Waals surface area contributed by atoms with E-state index in [1.807, 2.05) is 61.6 Å². The lowest BCUT2D eigenvalue weighted by molar-refractivity contribution is 0.0499. The predicted molar refractivity (Wildman–Crippen MR) is 184 cm³/mol. The quantitative estimate of drug-likeness (QED) is 0.191. The van der Waals surface area contributed by atoms with Gasteiger partial charge in [-0.3, -0.25) is 4.99 Å². The number of aromatic amines is 1. The van der Waals surface area contributed by atoms with Gasteiger partial charge in [-0.15, -0.1) is 0 Å². The number of nitrogens with one attached hydrogen (secondary N) is 3. The standard InChI is InChI=1S/C37H43N5O4/c1-22(40-34(43)45-36(3,4)5)31-19-30(20-38-31)25-11-9-24(10-12-25)26-13-14-28-18-29(16-15-27(28)17-26)32-21-39-33(42-32)23(2)41-35(44)46-37(6,7)8/h9-18,20-23H,19H2,1-8H3,(H,39,42)(H,40,43)(H,41,44)/t22-,23-/m0/s1. The number of rotatable bonds is 7. The summed E-state index contributed by atoms with van der Waals surface area (Å²) in [6.45, 7) is 14.8. The molecule has 0 saturated carbocycles. The third-order valence-electron chi connectivity index (χ3n) is 7.47. The predicted octanol–water partition coefficient (Wildman–Crippen LogP) is 8.58. The molecule has 0 saturated heterocycles. The van der Waals surface area contributed by atoms with Gasteiger partial charge in [0.05, 0.1) is 24.0 Å². The number of imidazole rings is 1. The zero-order chi connectivity index (χ0) is 33.2. The van der Waals surface area contributed by atoms with E-state index in [0.717, 1.165) is 50.0 Å². The van der Waals surface area contributed by atoms with Crippen LogP contribution in [-0.4, -0.2) is 45.1 Å². The number of alkyl carbamates (subject to hydrolysis) is 2. The topological polar surface area (TPSA) is 118 Å². The highest BCUT2D eigenvalue weighted by atomic mass is 16.6. The Morgan fingerprint density at radius 1 is 0.739 bits per heavy atom. The van der Waals surface area contributed by atoms with Crippen molar-refractivity contribution in [1.29, 1.82) is 0 Å². The number of allylic oxidation sites excluding steroid dienone is 1. The van der Waals surface area contributed by atoms with Gasteiger partial charge < -0.3 is 25.1 Å². The van der Waals surface area contributed by atoms with E-state index in [1.54, 1.807) is 6.20 Å². The molecule has 0 bridgehead atoms. The molecule has 3 aromatic carbocycles. The molecule has 2 atom stereocenters. The minimum absolute atomic E-state index is 0.221. The van der Waals surface area contributed by atoms with Crippen molar-refractivity contribution in [2.24, 2.45) is 4.99 Å². The van der Waals surface area contributed by atoms with E-state index in [2.05, 4.69) is 86.3 Å². The van der Waals surface area contributed by atoms with Gasteiger partial charge >= 0.3 is 12.2 Å². The average Bonchev–Trinajstić information content (AvgIpc) is 3.66. The molecule has 2 amide bonds. The molecule has 9 nitrogen and oxygen atoms in total. The van der Waals surface area contributed by atoms with Gasteiger partial charge in [0.25, 0.3) is 0 Å². The average molecular weight is 622 g/mol. The molecule has 2 heterocycles. The van der Waals surface area contributed by atoms with Crippen molar-refractivity contribution in [3.63, 3.8) is 0 Å². The van der Waals surface area contributed by atoms with Crippen molar-refractivity contribution < 1.29 is 19.1 Å². The SMILES string of the molecule is C[C@H](NC(=O)OC(C)(C)C)C1=NC=C(c2ccc(-c3ccc4cc(-c5cnc([C@H](C)NC(=O)OC(C)(C)C)[nH]5)ccc4c3)cc2)C1. The van der Waals surface area contributed by atoms with Gasteiger partial charge in [0.2, 0.25) is 0 Å². The van der Waals surface area contributed by atoms with Gasteiger partial charge in [0.1, 0.15) is 17.0 Å². The number of aromatic nitrogens is 2. The zero-order valence-electron chi connectivity index (χ0n) is 27.8. The second-order valence-corrected chi connectivity index (χ2v) is 13.7. The summed E-state index contributed by atoms with van der Waals surface area (Å²) in [5.74, 6) is 0.655. The smallest absolute Gasteiger partial charge is 0.408 e. The monoisotopic (exact) mass is 621 g/mol. The molecular weight excluding hydrogens is 578 g/mol. The van der Waals surface area contributed by atoms with Gasteiger partial charge in [-0.1, -0.05) is 48.5 Å². The molecule has 5 rings (SSSR count). The number of ether oxygens (including phenoxy) is 2. The van der Waals surface area contributed by atoms with Crippen molar-refractivity contribution in [2.75, 3.05) is 0 Å². The first-order valence-corrected chi connectivity index (χ1v) is 15.6. The molecule has 1 aliphatic rings. The molecule has 1 aliphatic heterocycles. The molecular formula is C37H43N5O4. The second kappa shape index (κ2) is 12.8. The Bertz CT molecular complexity index is 1810. The number of hydrogen-bond acceptors (Lipinski definition) is 6. The summed E-state index contributed by atoms with van der Waals surface area (Å²) >= 11 is 0. The maximum Gasteiger partial charge on any atom is 0.408 e. The lowest BCUT2D eigenvalue weighted by Crippen LogP contribution is -2.41. The number of amides is 2.